The van der Waals surface area contributed by atoms with Crippen LogP contribution in [0, 0.1) is 20.8 Å². The van der Waals surface area contributed by atoms with Crippen molar-refractivity contribution in [1.82, 2.24) is 0 Å². The Morgan fingerprint density at radius 2 is 1.43 bits per heavy atom. The van der Waals surface area contributed by atoms with Gasteiger partial charge >= 0.3 is 0 Å². The van der Waals surface area contributed by atoms with E-state index in [9.17, 15) is 10.2 Å². The molecule has 0 unspecified atom stereocenters. The number of hydrogen-bond donors (Lipinski definition) is 2. The first-order valence-corrected chi connectivity index (χ1v) is 4.87. The van der Waals surface area contributed by atoms with Crippen LogP contribution in [0.15, 0.2) is 12.1 Å². The maximum absolute atomic E-state index is 9.80. The van der Waals surface area contributed by atoms with E-state index in [2.05, 4.69) is 0 Å². The molecule has 1 aromatic carbocycles. The van der Waals surface area contributed by atoms with Gasteiger partial charge in [0.25, 0.3) is 0 Å². The Bertz CT molecular complexity index is 306. The molecule has 0 aliphatic carbocycles. The smallest absolute Gasteiger partial charge is 0.105 e. The average molecular weight is 194 g/mol. The Hall–Kier alpha value is -0.860. The predicted octanol–water partition coefficient (Wildman–Crippen LogP) is 2.03. The molecule has 0 aromatic heterocycles. The molecule has 0 aliphatic rings. The van der Waals surface area contributed by atoms with Gasteiger partial charge in [-0.25, -0.2) is 0 Å². The van der Waals surface area contributed by atoms with E-state index in [1.54, 1.807) is 6.92 Å². The van der Waals surface area contributed by atoms with Crippen LogP contribution in [0.3, 0.4) is 0 Å². The average Bonchev–Trinajstić information content (AvgIpc) is 2.01. The summed E-state index contributed by atoms with van der Waals surface area (Å²) in [5.41, 5.74) is 4.11. The maximum Gasteiger partial charge on any atom is 0.105 e. The van der Waals surface area contributed by atoms with E-state index >= 15 is 0 Å². The summed E-state index contributed by atoms with van der Waals surface area (Å²) in [5, 5.41) is 19.1. The normalized spacial score (nSPS) is 15.3. The van der Waals surface area contributed by atoms with Crippen molar-refractivity contribution in [3.8, 4) is 0 Å². The van der Waals surface area contributed by atoms with Crippen LogP contribution in [-0.4, -0.2) is 16.3 Å². The van der Waals surface area contributed by atoms with Crippen molar-refractivity contribution in [3.05, 3.63) is 34.4 Å². The Morgan fingerprint density at radius 3 is 1.79 bits per heavy atom. The molecule has 0 radical (unpaired) electrons. The van der Waals surface area contributed by atoms with Gasteiger partial charge in [0.15, 0.2) is 0 Å². The van der Waals surface area contributed by atoms with Crippen molar-refractivity contribution in [1.29, 1.82) is 0 Å². The molecule has 14 heavy (non-hydrogen) atoms. The highest BCUT2D eigenvalue weighted by molar-refractivity contribution is 5.39. The van der Waals surface area contributed by atoms with Crippen LogP contribution in [-0.2, 0) is 0 Å². The third-order valence-corrected chi connectivity index (χ3v) is 2.49. The lowest BCUT2D eigenvalue weighted by Gasteiger charge is -2.19. The molecule has 0 aliphatic heterocycles. The molecule has 2 nitrogen and oxygen atoms in total. The minimum Gasteiger partial charge on any atom is -0.390 e. The molecule has 0 bridgehead atoms. The zero-order chi connectivity index (χ0) is 10.9. The predicted molar refractivity (Wildman–Crippen MR) is 57.3 cm³/mol. The van der Waals surface area contributed by atoms with Gasteiger partial charge in [0.05, 0.1) is 6.10 Å². The van der Waals surface area contributed by atoms with Crippen LogP contribution in [0.1, 0.15) is 35.3 Å². The molecule has 0 saturated carbocycles. The number of aliphatic hydroxyl groups excluding tert-OH is 2. The summed E-state index contributed by atoms with van der Waals surface area (Å²) in [4.78, 5) is 0. The standard InChI is InChI=1S/C12H18O2/c1-7-5-8(2)11(9(3)6-7)12(14)10(4)13/h5-6,10,12-14H,1-4H3/t10-,12-/m0/s1. The Morgan fingerprint density at radius 1 is 1.00 bits per heavy atom. The molecule has 2 atom stereocenters. The second-order valence-corrected chi connectivity index (χ2v) is 4.00. The minimum atomic E-state index is -0.782. The first kappa shape index (κ1) is 11.2. The molecule has 1 rings (SSSR count). The summed E-state index contributed by atoms with van der Waals surface area (Å²) in [6.45, 7) is 7.55. The molecule has 0 saturated heterocycles. The van der Waals surface area contributed by atoms with Crippen molar-refractivity contribution in [2.45, 2.75) is 39.9 Å². The Balaban J connectivity index is 3.20. The molecule has 0 amide bonds. The lowest BCUT2D eigenvalue weighted by atomic mass is 9.93. The fourth-order valence-corrected chi connectivity index (χ4v) is 1.90. The van der Waals surface area contributed by atoms with Gasteiger partial charge in [0.1, 0.15) is 6.10 Å². The van der Waals surface area contributed by atoms with Crippen molar-refractivity contribution >= 4 is 0 Å². The third kappa shape index (κ3) is 2.14. The first-order valence-electron chi connectivity index (χ1n) is 4.87. The van der Waals surface area contributed by atoms with Crippen LogP contribution in [0.5, 0.6) is 0 Å². The molecular formula is C12H18O2. The van der Waals surface area contributed by atoms with E-state index < -0.39 is 12.2 Å². The van der Waals surface area contributed by atoms with E-state index in [1.165, 1.54) is 5.56 Å². The SMILES string of the molecule is Cc1cc(C)c([C@@H](O)[C@H](C)O)c(C)c1. The maximum atomic E-state index is 9.80. The third-order valence-electron chi connectivity index (χ3n) is 2.49. The summed E-state index contributed by atoms with van der Waals surface area (Å²) in [6, 6.07) is 4.04. The van der Waals surface area contributed by atoms with Gasteiger partial charge in [0.2, 0.25) is 0 Å². The first-order chi connectivity index (χ1) is 6.43. The lowest BCUT2D eigenvalue weighted by molar-refractivity contribution is 0.0297. The van der Waals surface area contributed by atoms with Crippen molar-refractivity contribution < 1.29 is 10.2 Å². The molecule has 2 N–H and O–H groups in total. The highest BCUT2D eigenvalue weighted by atomic mass is 16.3. The van der Waals surface area contributed by atoms with E-state index in [0.717, 1.165) is 16.7 Å². The largest absolute Gasteiger partial charge is 0.390 e. The van der Waals surface area contributed by atoms with Gasteiger partial charge in [0, 0.05) is 0 Å². The van der Waals surface area contributed by atoms with Gasteiger partial charge in [-0.3, -0.25) is 0 Å². The molecule has 0 heterocycles. The van der Waals surface area contributed by atoms with Crippen molar-refractivity contribution in [2.75, 3.05) is 0 Å². The summed E-state index contributed by atoms with van der Waals surface area (Å²) < 4.78 is 0. The Kier molecular flexibility index (Phi) is 3.29. The second-order valence-electron chi connectivity index (χ2n) is 4.00. The fraction of sp³-hybridized carbons (Fsp3) is 0.500. The van der Waals surface area contributed by atoms with Crippen LogP contribution >= 0.6 is 0 Å². The van der Waals surface area contributed by atoms with Gasteiger partial charge in [-0.05, 0) is 44.4 Å². The monoisotopic (exact) mass is 194 g/mol. The summed E-state index contributed by atoms with van der Waals surface area (Å²) in [7, 11) is 0. The topological polar surface area (TPSA) is 40.5 Å². The van der Waals surface area contributed by atoms with Gasteiger partial charge < -0.3 is 10.2 Å². The molecule has 0 spiro atoms. The van der Waals surface area contributed by atoms with E-state index in [1.807, 2.05) is 32.9 Å². The number of benzene rings is 1. The Labute approximate surface area is 85.2 Å². The quantitative estimate of drug-likeness (QED) is 0.756. The molecular weight excluding hydrogens is 176 g/mol. The van der Waals surface area contributed by atoms with E-state index in [4.69, 9.17) is 0 Å². The van der Waals surface area contributed by atoms with Crippen LogP contribution in [0.25, 0.3) is 0 Å². The highest BCUT2D eigenvalue weighted by Gasteiger charge is 2.17. The molecule has 2 heteroatoms. The van der Waals surface area contributed by atoms with E-state index in [0.29, 0.717) is 0 Å². The van der Waals surface area contributed by atoms with Crippen molar-refractivity contribution in [3.63, 3.8) is 0 Å². The number of hydrogen-bond acceptors (Lipinski definition) is 2. The van der Waals surface area contributed by atoms with Gasteiger partial charge in [-0.15, -0.1) is 0 Å². The fourth-order valence-electron chi connectivity index (χ4n) is 1.90. The molecule has 0 fully saturated rings. The molecule has 78 valence electrons. The minimum absolute atomic E-state index is 0.727. The highest BCUT2D eigenvalue weighted by Crippen LogP contribution is 2.25. The number of aryl methyl sites for hydroxylation is 3. The summed E-state index contributed by atoms with van der Waals surface area (Å²) in [6.07, 6.45) is -1.51. The van der Waals surface area contributed by atoms with Crippen LogP contribution in [0.4, 0.5) is 0 Å². The van der Waals surface area contributed by atoms with Gasteiger partial charge in [-0.1, -0.05) is 17.7 Å². The lowest BCUT2D eigenvalue weighted by Crippen LogP contribution is -2.16. The van der Waals surface area contributed by atoms with Crippen molar-refractivity contribution in [2.24, 2.45) is 0 Å². The summed E-state index contributed by atoms with van der Waals surface area (Å²) in [5.74, 6) is 0. The van der Waals surface area contributed by atoms with E-state index in [-0.39, 0.29) is 0 Å². The van der Waals surface area contributed by atoms with Crippen LogP contribution < -0.4 is 0 Å². The number of aliphatic hydroxyl groups is 2. The molecule has 1 aromatic rings. The second kappa shape index (κ2) is 4.11. The summed E-state index contributed by atoms with van der Waals surface area (Å²) >= 11 is 0. The van der Waals surface area contributed by atoms with Gasteiger partial charge in [-0.2, -0.15) is 0 Å². The zero-order valence-corrected chi connectivity index (χ0v) is 9.20. The zero-order valence-electron chi connectivity index (χ0n) is 9.20. The van der Waals surface area contributed by atoms with Crippen LogP contribution in [0.2, 0.25) is 0 Å². The number of rotatable bonds is 2.